The van der Waals surface area contributed by atoms with Gasteiger partial charge in [-0.15, -0.1) is 0 Å². The predicted molar refractivity (Wildman–Crippen MR) is 99.4 cm³/mol. The van der Waals surface area contributed by atoms with Gasteiger partial charge in [0.1, 0.15) is 5.75 Å². The van der Waals surface area contributed by atoms with Gasteiger partial charge in [0.25, 0.3) is 0 Å². The molecule has 2 aromatic rings. The van der Waals surface area contributed by atoms with Crippen molar-refractivity contribution in [3.63, 3.8) is 0 Å². The van der Waals surface area contributed by atoms with Crippen LogP contribution in [0.2, 0.25) is 0 Å². The molecule has 0 bridgehead atoms. The van der Waals surface area contributed by atoms with Crippen molar-refractivity contribution in [2.24, 2.45) is 0 Å². The molecule has 2 heterocycles. The first kappa shape index (κ1) is 16.0. The lowest BCUT2D eigenvalue weighted by Crippen LogP contribution is -2.39. The lowest BCUT2D eigenvalue weighted by Gasteiger charge is -2.28. The summed E-state index contributed by atoms with van der Waals surface area (Å²) < 4.78 is 5.50. The molecule has 5 heteroatoms. The summed E-state index contributed by atoms with van der Waals surface area (Å²) in [5.74, 6) is 1.07. The van der Waals surface area contributed by atoms with Gasteiger partial charge in [0.2, 0.25) is 0 Å². The van der Waals surface area contributed by atoms with Crippen LogP contribution in [0.4, 0.5) is 16.2 Å². The molecule has 25 heavy (non-hydrogen) atoms. The van der Waals surface area contributed by atoms with Crippen molar-refractivity contribution >= 4 is 17.5 Å². The molecule has 0 spiro atoms. The molecule has 2 aliphatic heterocycles. The maximum absolute atomic E-state index is 12.2. The standard InChI is InChI=1S/C20H23N3O2/c1-13-4-6-14(7-5-13)21-20(24)25-15-8-9-18-17(12-15)16-10-11-22(2)19(16)23(18)3/h4-9,12,16,19H,10-11H2,1-3H3,(H,21,24). The van der Waals surface area contributed by atoms with E-state index >= 15 is 0 Å². The molecular weight excluding hydrogens is 314 g/mol. The van der Waals surface area contributed by atoms with Crippen molar-refractivity contribution in [3.8, 4) is 5.75 Å². The van der Waals surface area contributed by atoms with Crippen LogP contribution in [0.5, 0.6) is 5.75 Å². The average molecular weight is 337 g/mol. The third kappa shape index (κ3) is 2.85. The molecule has 1 amide bonds. The summed E-state index contributed by atoms with van der Waals surface area (Å²) in [6.07, 6.45) is 1.08. The van der Waals surface area contributed by atoms with Gasteiger partial charge in [-0.3, -0.25) is 10.2 Å². The first-order valence-electron chi connectivity index (χ1n) is 8.65. The molecule has 130 valence electrons. The molecule has 1 fully saturated rings. The highest BCUT2D eigenvalue weighted by Crippen LogP contribution is 2.47. The summed E-state index contributed by atoms with van der Waals surface area (Å²) in [6.45, 7) is 3.11. The van der Waals surface area contributed by atoms with E-state index in [0.717, 1.165) is 24.2 Å². The number of benzene rings is 2. The number of carbonyl (C=O) groups is 1. The summed E-state index contributed by atoms with van der Waals surface area (Å²) in [4.78, 5) is 16.9. The fourth-order valence-corrected chi connectivity index (χ4v) is 4.06. The lowest BCUT2D eigenvalue weighted by atomic mass is 9.98. The van der Waals surface area contributed by atoms with Crippen LogP contribution in [-0.2, 0) is 0 Å². The molecule has 5 nitrogen and oxygen atoms in total. The van der Waals surface area contributed by atoms with Gasteiger partial charge < -0.3 is 9.64 Å². The largest absolute Gasteiger partial charge is 0.417 e. The average Bonchev–Trinajstić information content (AvgIpc) is 3.09. The van der Waals surface area contributed by atoms with Gasteiger partial charge in [-0.25, -0.2) is 4.79 Å². The fraction of sp³-hybridized carbons (Fsp3) is 0.350. The summed E-state index contributed by atoms with van der Waals surface area (Å²) in [5.41, 5.74) is 4.39. The summed E-state index contributed by atoms with van der Waals surface area (Å²) in [5, 5.41) is 2.77. The Morgan fingerprint density at radius 1 is 1.16 bits per heavy atom. The molecule has 2 aromatic carbocycles. The number of ether oxygens (including phenoxy) is 1. The topological polar surface area (TPSA) is 44.8 Å². The number of nitrogens with zero attached hydrogens (tertiary/aromatic N) is 2. The minimum atomic E-state index is -0.463. The molecule has 4 rings (SSSR count). The van der Waals surface area contributed by atoms with E-state index in [2.05, 4.69) is 35.3 Å². The number of hydrogen-bond donors (Lipinski definition) is 1. The third-order valence-corrected chi connectivity index (χ3v) is 5.29. The maximum atomic E-state index is 12.2. The van der Waals surface area contributed by atoms with Crippen LogP contribution >= 0.6 is 0 Å². The number of anilines is 2. The van der Waals surface area contributed by atoms with E-state index in [9.17, 15) is 4.79 Å². The second-order valence-electron chi connectivity index (χ2n) is 7.00. The third-order valence-electron chi connectivity index (χ3n) is 5.29. The van der Waals surface area contributed by atoms with Gasteiger partial charge in [-0.2, -0.15) is 0 Å². The van der Waals surface area contributed by atoms with E-state index in [1.165, 1.54) is 11.3 Å². The second kappa shape index (κ2) is 6.08. The second-order valence-corrected chi connectivity index (χ2v) is 7.00. The van der Waals surface area contributed by atoms with Crippen LogP contribution < -0.4 is 15.0 Å². The van der Waals surface area contributed by atoms with Crippen molar-refractivity contribution in [1.82, 2.24) is 4.90 Å². The van der Waals surface area contributed by atoms with Gasteiger partial charge >= 0.3 is 6.09 Å². The molecule has 0 saturated carbocycles. The van der Waals surface area contributed by atoms with Gasteiger partial charge in [-0.1, -0.05) is 17.7 Å². The Morgan fingerprint density at radius 3 is 2.68 bits per heavy atom. The van der Waals surface area contributed by atoms with Crippen LogP contribution in [0, 0.1) is 6.92 Å². The molecule has 0 aromatic heterocycles. The number of fused-ring (bicyclic) bond motifs is 3. The number of carbonyl (C=O) groups excluding carboxylic acids is 1. The van der Waals surface area contributed by atoms with Crippen LogP contribution in [0.15, 0.2) is 42.5 Å². The normalized spacial score (nSPS) is 21.8. The zero-order valence-corrected chi connectivity index (χ0v) is 14.8. The highest BCUT2D eigenvalue weighted by Gasteiger charge is 2.43. The zero-order chi connectivity index (χ0) is 17.6. The van der Waals surface area contributed by atoms with Crippen LogP contribution in [0.1, 0.15) is 23.5 Å². The number of nitrogens with one attached hydrogen (secondary N) is 1. The van der Waals surface area contributed by atoms with Crippen LogP contribution in [0.25, 0.3) is 0 Å². The maximum Gasteiger partial charge on any atom is 0.417 e. The van der Waals surface area contributed by atoms with Crippen molar-refractivity contribution in [2.45, 2.75) is 25.4 Å². The van der Waals surface area contributed by atoms with E-state index in [1.54, 1.807) is 0 Å². The number of likely N-dealkylation sites (tertiary alicyclic amines) is 1. The van der Waals surface area contributed by atoms with Crippen molar-refractivity contribution in [3.05, 3.63) is 53.6 Å². The minimum absolute atomic E-state index is 0.409. The summed E-state index contributed by atoms with van der Waals surface area (Å²) >= 11 is 0. The van der Waals surface area contributed by atoms with E-state index < -0.39 is 6.09 Å². The van der Waals surface area contributed by atoms with Gasteiger partial charge in [0.15, 0.2) is 0 Å². The van der Waals surface area contributed by atoms with E-state index in [1.807, 2.05) is 43.3 Å². The first-order valence-corrected chi connectivity index (χ1v) is 8.65. The van der Waals surface area contributed by atoms with E-state index in [-0.39, 0.29) is 0 Å². The molecule has 2 aliphatic rings. The Hall–Kier alpha value is -2.53. The summed E-state index contributed by atoms with van der Waals surface area (Å²) in [7, 11) is 4.30. The lowest BCUT2D eigenvalue weighted by molar-refractivity contribution is 0.215. The molecule has 0 aliphatic carbocycles. The minimum Gasteiger partial charge on any atom is -0.410 e. The van der Waals surface area contributed by atoms with Crippen molar-refractivity contribution < 1.29 is 9.53 Å². The molecule has 0 radical (unpaired) electrons. The predicted octanol–water partition coefficient (Wildman–Crippen LogP) is 3.80. The van der Waals surface area contributed by atoms with Crippen LogP contribution in [0.3, 0.4) is 0 Å². The zero-order valence-electron chi connectivity index (χ0n) is 14.8. The van der Waals surface area contributed by atoms with Gasteiger partial charge in [-0.05, 0) is 56.3 Å². The Bertz CT molecular complexity index is 803. The Kier molecular flexibility index (Phi) is 3.88. The molecule has 2 unspecified atom stereocenters. The Balaban J connectivity index is 1.49. The Morgan fingerprint density at radius 2 is 1.92 bits per heavy atom. The molecule has 1 saturated heterocycles. The van der Waals surface area contributed by atoms with Crippen molar-refractivity contribution in [2.75, 3.05) is 30.9 Å². The molecular formula is C20H23N3O2. The number of aryl methyl sites for hydroxylation is 1. The SMILES string of the molecule is Cc1ccc(NC(=O)Oc2ccc3c(c2)C2CCN(C)C2N3C)cc1. The highest BCUT2D eigenvalue weighted by atomic mass is 16.6. The quantitative estimate of drug-likeness (QED) is 0.905. The van der Waals surface area contributed by atoms with E-state index in [0.29, 0.717) is 17.8 Å². The number of hydrogen-bond acceptors (Lipinski definition) is 4. The molecule has 2 atom stereocenters. The smallest absolute Gasteiger partial charge is 0.410 e. The van der Waals surface area contributed by atoms with Gasteiger partial charge in [0, 0.05) is 30.9 Å². The number of likely N-dealkylation sites (N-methyl/N-ethyl adjacent to an activating group) is 2. The highest BCUT2D eigenvalue weighted by molar-refractivity contribution is 5.86. The Labute approximate surface area is 148 Å². The monoisotopic (exact) mass is 337 g/mol. The number of rotatable bonds is 2. The fourth-order valence-electron chi connectivity index (χ4n) is 4.06. The van der Waals surface area contributed by atoms with Crippen LogP contribution in [-0.4, -0.2) is 37.8 Å². The van der Waals surface area contributed by atoms with Gasteiger partial charge in [0.05, 0.1) is 6.17 Å². The summed E-state index contributed by atoms with van der Waals surface area (Å²) in [6, 6.07) is 13.6. The number of amides is 1. The molecule has 1 N–H and O–H groups in total. The van der Waals surface area contributed by atoms with E-state index in [4.69, 9.17) is 4.74 Å². The first-order chi connectivity index (χ1) is 12.0. The van der Waals surface area contributed by atoms with Crippen molar-refractivity contribution in [1.29, 1.82) is 0 Å².